The summed E-state index contributed by atoms with van der Waals surface area (Å²) in [5.74, 6) is 0.637. The molecule has 1 N–H and O–H groups in total. The lowest BCUT2D eigenvalue weighted by Gasteiger charge is -2.08. The van der Waals surface area contributed by atoms with Crippen molar-refractivity contribution in [3.8, 4) is 10.6 Å². The molecule has 90 valence electrons. The second-order valence-electron chi connectivity index (χ2n) is 3.28. The number of nitrogens with zero attached hydrogens (tertiary/aromatic N) is 1. The third-order valence-electron chi connectivity index (χ3n) is 2.08. The molecule has 0 aliphatic rings. The fourth-order valence-corrected chi connectivity index (χ4v) is 3.00. The summed E-state index contributed by atoms with van der Waals surface area (Å²) < 4.78 is 0.706. The Kier molecular flexibility index (Phi) is 4.15. The molecule has 0 saturated heterocycles. The second kappa shape index (κ2) is 5.44. The number of nitrogens with one attached hydrogen (secondary N) is 1. The minimum absolute atomic E-state index is 0.517. The highest BCUT2D eigenvalue weighted by Crippen LogP contribution is 2.37. The molecule has 2 heterocycles. The highest BCUT2D eigenvalue weighted by atomic mass is 35.5. The van der Waals surface area contributed by atoms with Crippen LogP contribution < -0.4 is 5.32 Å². The fraction of sp³-hybridized carbons (Fsp3) is 0.182. The van der Waals surface area contributed by atoms with Crippen molar-refractivity contribution in [2.24, 2.45) is 0 Å². The summed E-state index contributed by atoms with van der Waals surface area (Å²) in [5.41, 5.74) is 0.698. The standard InChI is InChI=1S/C11H9Cl3N2S/c1-2-15-11-7(13)5-6(12)10(16-11)8-3-4-9(14)17-8/h3-5H,2H2,1H3,(H,15,16). The van der Waals surface area contributed by atoms with Gasteiger partial charge in [0.2, 0.25) is 0 Å². The Hall–Kier alpha value is -0.480. The molecule has 2 rings (SSSR count). The minimum atomic E-state index is 0.517. The molecule has 0 atom stereocenters. The summed E-state index contributed by atoms with van der Waals surface area (Å²) in [6.45, 7) is 2.73. The molecule has 0 aromatic carbocycles. The van der Waals surface area contributed by atoms with Crippen molar-refractivity contribution >= 4 is 52.0 Å². The summed E-state index contributed by atoms with van der Waals surface area (Å²) in [6.07, 6.45) is 0. The number of halogens is 3. The van der Waals surface area contributed by atoms with Crippen LogP contribution in [0.2, 0.25) is 14.4 Å². The van der Waals surface area contributed by atoms with E-state index in [0.29, 0.717) is 25.9 Å². The monoisotopic (exact) mass is 306 g/mol. The molecule has 2 nitrogen and oxygen atoms in total. The first-order chi connectivity index (χ1) is 8.11. The van der Waals surface area contributed by atoms with E-state index in [0.717, 1.165) is 11.4 Å². The summed E-state index contributed by atoms with van der Waals surface area (Å²) in [5, 5.41) is 4.13. The van der Waals surface area contributed by atoms with Gasteiger partial charge in [-0.05, 0) is 25.1 Å². The Morgan fingerprint density at radius 2 is 2.00 bits per heavy atom. The lowest BCUT2D eigenvalue weighted by atomic mass is 10.3. The van der Waals surface area contributed by atoms with Gasteiger partial charge in [0.25, 0.3) is 0 Å². The molecule has 0 bridgehead atoms. The molecular formula is C11H9Cl3N2S. The number of hydrogen-bond acceptors (Lipinski definition) is 3. The first kappa shape index (κ1) is 13.0. The quantitative estimate of drug-likeness (QED) is 0.842. The normalized spacial score (nSPS) is 10.6. The molecule has 0 spiro atoms. The number of hydrogen-bond donors (Lipinski definition) is 1. The van der Waals surface area contributed by atoms with Gasteiger partial charge in [-0.3, -0.25) is 0 Å². The number of rotatable bonds is 3. The van der Waals surface area contributed by atoms with Crippen molar-refractivity contribution in [3.63, 3.8) is 0 Å². The smallest absolute Gasteiger partial charge is 0.145 e. The van der Waals surface area contributed by atoms with Crippen LogP contribution in [0.25, 0.3) is 10.6 Å². The van der Waals surface area contributed by atoms with Crippen LogP contribution in [-0.4, -0.2) is 11.5 Å². The second-order valence-corrected chi connectivity index (χ2v) is 5.81. The molecule has 0 saturated carbocycles. The van der Waals surface area contributed by atoms with E-state index >= 15 is 0 Å². The van der Waals surface area contributed by atoms with E-state index in [4.69, 9.17) is 34.8 Å². The number of anilines is 1. The topological polar surface area (TPSA) is 24.9 Å². The van der Waals surface area contributed by atoms with Crippen molar-refractivity contribution < 1.29 is 0 Å². The first-order valence-electron chi connectivity index (χ1n) is 4.97. The van der Waals surface area contributed by atoms with Crippen LogP contribution in [0.15, 0.2) is 18.2 Å². The van der Waals surface area contributed by atoms with Crippen LogP contribution in [0.1, 0.15) is 6.92 Å². The van der Waals surface area contributed by atoms with Gasteiger partial charge in [0, 0.05) is 6.54 Å². The lowest BCUT2D eigenvalue weighted by Crippen LogP contribution is -2.01. The predicted octanol–water partition coefficient (Wildman–Crippen LogP) is 5.20. The van der Waals surface area contributed by atoms with Crippen molar-refractivity contribution in [1.82, 2.24) is 4.98 Å². The van der Waals surface area contributed by atoms with Crippen LogP contribution in [0.4, 0.5) is 5.82 Å². The number of aromatic nitrogens is 1. The fourth-order valence-electron chi connectivity index (χ4n) is 1.37. The highest BCUT2D eigenvalue weighted by Gasteiger charge is 2.12. The largest absolute Gasteiger partial charge is 0.369 e. The van der Waals surface area contributed by atoms with Crippen molar-refractivity contribution in [2.45, 2.75) is 6.92 Å². The average Bonchev–Trinajstić information content (AvgIpc) is 2.69. The molecule has 0 aliphatic carbocycles. The molecule has 0 fully saturated rings. The summed E-state index contributed by atoms with van der Waals surface area (Å²) in [4.78, 5) is 5.35. The Labute approximate surface area is 119 Å². The van der Waals surface area contributed by atoms with Gasteiger partial charge >= 0.3 is 0 Å². The van der Waals surface area contributed by atoms with E-state index in [-0.39, 0.29) is 0 Å². The molecule has 6 heteroatoms. The van der Waals surface area contributed by atoms with Crippen LogP contribution in [-0.2, 0) is 0 Å². The zero-order chi connectivity index (χ0) is 12.4. The van der Waals surface area contributed by atoms with Crippen LogP contribution >= 0.6 is 46.1 Å². The Morgan fingerprint density at radius 3 is 2.59 bits per heavy atom. The van der Waals surface area contributed by atoms with Crippen LogP contribution in [0.5, 0.6) is 0 Å². The third kappa shape index (κ3) is 2.86. The molecule has 2 aromatic heterocycles. The van der Waals surface area contributed by atoms with Crippen LogP contribution in [0, 0.1) is 0 Å². The third-order valence-corrected chi connectivity index (χ3v) is 3.89. The SMILES string of the molecule is CCNc1nc(-c2ccc(Cl)s2)c(Cl)cc1Cl. The molecule has 0 amide bonds. The lowest BCUT2D eigenvalue weighted by molar-refractivity contribution is 1.16. The average molecular weight is 308 g/mol. The van der Waals surface area contributed by atoms with Gasteiger partial charge in [0.05, 0.1) is 19.3 Å². The molecule has 2 aromatic rings. The first-order valence-corrected chi connectivity index (χ1v) is 6.92. The van der Waals surface area contributed by atoms with E-state index in [2.05, 4.69) is 10.3 Å². The van der Waals surface area contributed by atoms with E-state index in [9.17, 15) is 0 Å². The van der Waals surface area contributed by atoms with Gasteiger partial charge in [-0.2, -0.15) is 0 Å². The highest BCUT2D eigenvalue weighted by molar-refractivity contribution is 7.19. The number of pyridine rings is 1. The zero-order valence-corrected chi connectivity index (χ0v) is 12.0. The van der Waals surface area contributed by atoms with Crippen LogP contribution in [0.3, 0.4) is 0 Å². The van der Waals surface area contributed by atoms with Gasteiger partial charge in [0.1, 0.15) is 11.5 Å². The Balaban J connectivity index is 2.50. The molecular weight excluding hydrogens is 299 g/mol. The Morgan fingerprint density at radius 1 is 1.24 bits per heavy atom. The minimum Gasteiger partial charge on any atom is -0.369 e. The van der Waals surface area contributed by atoms with E-state index in [1.165, 1.54) is 11.3 Å². The zero-order valence-electron chi connectivity index (χ0n) is 8.93. The van der Waals surface area contributed by atoms with Gasteiger partial charge in [0.15, 0.2) is 0 Å². The van der Waals surface area contributed by atoms with E-state index in [1.807, 2.05) is 19.1 Å². The molecule has 0 aliphatic heterocycles. The Bertz CT molecular complexity index is 540. The summed E-state index contributed by atoms with van der Waals surface area (Å²) in [7, 11) is 0. The molecule has 0 unspecified atom stereocenters. The van der Waals surface area contributed by atoms with Gasteiger partial charge in [-0.15, -0.1) is 11.3 Å². The maximum absolute atomic E-state index is 6.13. The maximum Gasteiger partial charge on any atom is 0.145 e. The van der Waals surface area contributed by atoms with E-state index < -0.39 is 0 Å². The van der Waals surface area contributed by atoms with Crippen molar-refractivity contribution in [2.75, 3.05) is 11.9 Å². The predicted molar refractivity (Wildman–Crippen MR) is 76.7 cm³/mol. The molecule has 0 radical (unpaired) electrons. The molecule has 17 heavy (non-hydrogen) atoms. The van der Waals surface area contributed by atoms with Gasteiger partial charge in [-0.25, -0.2) is 4.98 Å². The summed E-state index contributed by atoms with van der Waals surface area (Å²) >= 11 is 19.5. The van der Waals surface area contributed by atoms with Gasteiger partial charge < -0.3 is 5.32 Å². The van der Waals surface area contributed by atoms with Crippen molar-refractivity contribution in [1.29, 1.82) is 0 Å². The number of thiophene rings is 1. The summed E-state index contributed by atoms with van der Waals surface area (Å²) in [6, 6.07) is 5.41. The van der Waals surface area contributed by atoms with E-state index in [1.54, 1.807) is 6.07 Å². The van der Waals surface area contributed by atoms with Crippen molar-refractivity contribution in [3.05, 3.63) is 32.6 Å². The maximum atomic E-state index is 6.13. The van der Waals surface area contributed by atoms with Gasteiger partial charge in [-0.1, -0.05) is 34.8 Å².